The van der Waals surface area contributed by atoms with Crippen molar-refractivity contribution in [3.8, 4) is 0 Å². The predicted octanol–water partition coefficient (Wildman–Crippen LogP) is 2.93. The van der Waals surface area contributed by atoms with Crippen molar-refractivity contribution in [2.75, 3.05) is 5.32 Å². The Labute approximate surface area is 116 Å². The van der Waals surface area contributed by atoms with Gasteiger partial charge in [-0.3, -0.25) is 5.43 Å². The summed E-state index contributed by atoms with van der Waals surface area (Å²) in [5.74, 6) is 6.17. The van der Waals surface area contributed by atoms with Gasteiger partial charge in [0.2, 0.25) is 5.96 Å². The van der Waals surface area contributed by atoms with E-state index in [0.717, 1.165) is 28.6 Å². The second kappa shape index (κ2) is 6.20. The number of halogens is 1. The third kappa shape index (κ3) is 3.46. The zero-order valence-electron chi connectivity index (χ0n) is 10.5. The topological polar surface area (TPSA) is 62.4 Å². The molecule has 0 aliphatic heterocycles. The molecule has 1 aromatic rings. The summed E-state index contributed by atoms with van der Waals surface area (Å²) >= 11 is 3.46. The predicted molar refractivity (Wildman–Crippen MR) is 79.5 cm³/mol. The minimum absolute atomic E-state index is 0.399. The number of hydrazine groups is 1. The maximum Gasteiger partial charge on any atom is 0.210 e. The van der Waals surface area contributed by atoms with Crippen LogP contribution < -0.4 is 16.6 Å². The molecule has 0 atom stereocenters. The lowest BCUT2D eigenvalue weighted by atomic mass is 10.2. The van der Waals surface area contributed by atoms with Crippen LogP contribution in [0.1, 0.15) is 31.2 Å². The normalized spacial score (nSPS) is 16.9. The van der Waals surface area contributed by atoms with E-state index in [1.165, 1.54) is 12.8 Å². The SMILES string of the molecule is Cc1ccc(Br)cc1NC(=NC1CCCC1)NN. The number of aryl methyl sites for hydroxylation is 1. The third-order valence-electron chi connectivity index (χ3n) is 3.23. The number of hydrogen-bond donors (Lipinski definition) is 3. The molecule has 0 spiro atoms. The molecule has 1 aliphatic rings. The monoisotopic (exact) mass is 310 g/mol. The van der Waals surface area contributed by atoms with Gasteiger partial charge in [0, 0.05) is 10.2 Å². The van der Waals surface area contributed by atoms with Gasteiger partial charge in [-0.05, 0) is 37.5 Å². The number of nitrogens with one attached hydrogen (secondary N) is 2. The summed E-state index contributed by atoms with van der Waals surface area (Å²) in [5.41, 5.74) is 4.82. The molecule has 4 nitrogen and oxygen atoms in total. The molecule has 0 aromatic heterocycles. The Bertz CT molecular complexity index is 439. The molecule has 0 amide bonds. The third-order valence-corrected chi connectivity index (χ3v) is 3.72. The molecule has 5 heteroatoms. The molecule has 1 saturated carbocycles. The largest absolute Gasteiger partial charge is 0.325 e. The molecule has 0 unspecified atom stereocenters. The number of anilines is 1. The highest BCUT2D eigenvalue weighted by Gasteiger charge is 2.14. The first-order valence-electron chi connectivity index (χ1n) is 6.26. The summed E-state index contributed by atoms with van der Waals surface area (Å²) in [6.07, 6.45) is 4.85. The highest BCUT2D eigenvalue weighted by atomic mass is 79.9. The van der Waals surface area contributed by atoms with Crippen LogP contribution in [-0.4, -0.2) is 12.0 Å². The molecule has 4 N–H and O–H groups in total. The number of aliphatic imine (C=N–C) groups is 1. The molecular formula is C13H19BrN4. The maximum atomic E-state index is 5.53. The zero-order valence-corrected chi connectivity index (χ0v) is 12.1. The lowest BCUT2D eigenvalue weighted by molar-refractivity contribution is 0.700. The fourth-order valence-corrected chi connectivity index (χ4v) is 2.54. The van der Waals surface area contributed by atoms with Crippen LogP contribution >= 0.6 is 15.9 Å². The van der Waals surface area contributed by atoms with Crippen LogP contribution in [0, 0.1) is 6.92 Å². The fraction of sp³-hybridized carbons (Fsp3) is 0.462. The van der Waals surface area contributed by atoms with E-state index in [1.54, 1.807) is 0 Å². The van der Waals surface area contributed by atoms with Crippen LogP contribution in [-0.2, 0) is 0 Å². The quantitative estimate of drug-likeness (QED) is 0.341. The van der Waals surface area contributed by atoms with Gasteiger partial charge in [-0.25, -0.2) is 10.8 Å². The van der Waals surface area contributed by atoms with E-state index in [0.29, 0.717) is 12.0 Å². The standard InChI is InChI=1S/C13H19BrN4/c1-9-6-7-10(14)8-12(9)17-13(18-15)16-11-4-2-3-5-11/h6-8,11H,2-5,15H2,1H3,(H2,16,17,18). The Hall–Kier alpha value is -1.07. The maximum absolute atomic E-state index is 5.53. The molecule has 1 aliphatic carbocycles. The Balaban J connectivity index is 2.11. The smallest absolute Gasteiger partial charge is 0.210 e. The zero-order chi connectivity index (χ0) is 13.0. The molecule has 98 valence electrons. The molecule has 1 aromatic carbocycles. The van der Waals surface area contributed by atoms with E-state index in [2.05, 4.69) is 44.7 Å². The van der Waals surface area contributed by atoms with Gasteiger partial charge in [0.25, 0.3) is 0 Å². The van der Waals surface area contributed by atoms with Gasteiger partial charge >= 0.3 is 0 Å². The average Bonchev–Trinajstić information content (AvgIpc) is 2.85. The van der Waals surface area contributed by atoms with Crippen molar-refractivity contribution in [2.45, 2.75) is 38.6 Å². The van der Waals surface area contributed by atoms with Crippen LogP contribution in [0.5, 0.6) is 0 Å². The highest BCUT2D eigenvalue weighted by molar-refractivity contribution is 9.10. The minimum Gasteiger partial charge on any atom is -0.325 e. The van der Waals surface area contributed by atoms with Crippen molar-refractivity contribution < 1.29 is 0 Å². The number of benzene rings is 1. The number of nitrogens with two attached hydrogens (primary N) is 1. The number of nitrogens with zero attached hydrogens (tertiary/aromatic N) is 1. The van der Waals surface area contributed by atoms with Gasteiger partial charge < -0.3 is 5.32 Å². The summed E-state index contributed by atoms with van der Waals surface area (Å²) in [6, 6.07) is 6.49. The van der Waals surface area contributed by atoms with E-state index in [1.807, 2.05) is 12.1 Å². The second-order valence-electron chi connectivity index (χ2n) is 4.64. The summed E-state index contributed by atoms with van der Waals surface area (Å²) in [7, 11) is 0. The van der Waals surface area contributed by atoms with Gasteiger partial charge in [-0.2, -0.15) is 0 Å². The second-order valence-corrected chi connectivity index (χ2v) is 5.56. The van der Waals surface area contributed by atoms with Gasteiger partial charge in [-0.15, -0.1) is 0 Å². The van der Waals surface area contributed by atoms with Crippen LogP contribution in [0.25, 0.3) is 0 Å². The van der Waals surface area contributed by atoms with Crippen LogP contribution in [0.2, 0.25) is 0 Å². The van der Waals surface area contributed by atoms with E-state index < -0.39 is 0 Å². The summed E-state index contributed by atoms with van der Waals surface area (Å²) in [5, 5.41) is 3.25. The first-order chi connectivity index (χ1) is 8.69. The van der Waals surface area contributed by atoms with E-state index in [4.69, 9.17) is 5.84 Å². The molecular weight excluding hydrogens is 292 g/mol. The van der Waals surface area contributed by atoms with Crippen molar-refractivity contribution in [1.82, 2.24) is 5.43 Å². The number of hydrogen-bond acceptors (Lipinski definition) is 2. The van der Waals surface area contributed by atoms with Crippen molar-refractivity contribution in [3.63, 3.8) is 0 Å². The molecule has 18 heavy (non-hydrogen) atoms. The van der Waals surface area contributed by atoms with Gasteiger partial charge in [0.15, 0.2) is 0 Å². The molecule has 0 bridgehead atoms. The Kier molecular flexibility index (Phi) is 4.60. The fourth-order valence-electron chi connectivity index (χ4n) is 2.18. The average molecular weight is 311 g/mol. The molecule has 0 radical (unpaired) electrons. The van der Waals surface area contributed by atoms with Crippen molar-refractivity contribution in [2.24, 2.45) is 10.8 Å². The lowest BCUT2D eigenvalue weighted by Gasteiger charge is -2.13. The molecule has 0 saturated heterocycles. The molecule has 1 fully saturated rings. The van der Waals surface area contributed by atoms with Crippen LogP contribution in [0.3, 0.4) is 0 Å². The van der Waals surface area contributed by atoms with Crippen molar-refractivity contribution in [1.29, 1.82) is 0 Å². The Morgan fingerprint density at radius 1 is 1.39 bits per heavy atom. The summed E-state index contributed by atoms with van der Waals surface area (Å²) in [4.78, 5) is 4.61. The summed E-state index contributed by atoms with van der Waals surface area (Å²) < 4.78 is 1.04. The van der Waals surface area contributed by atoms with E-state index >= 15 is 0 Å². The van der Waals surface area contributed by atoms with Gasteiger partial charge in [0.1, 0.15) is 0 Å². The molecule has 0 heterocycles. The van der Waals surface area contributed by atoms with E-state index in [-0.39, 0.29) is 0 Å². The van der Waals surface area contributed by atoms with Crippen molar-refractivity contribution in [3.05, 3.63) is 28.2 Å². The van der Waals surface area contributed by atoms with Crippen molar-refractivity contribution >= 4 is 27.6 Å². The lowest BCUT2D eigenvalue weighted by Crippen LogP contribution is -2.37. The van der Waals surface area contributed by atoms with E-state index in [9.17, 15) is 0 Å². The Morgan fingerprint density at radius 3 is 2.78 bits per heavy atom. The first-order valence-corrected chi connectivity index (χ1v) is 7.06. The number of rotatable bonds is 2. The number of guanidine groups is 1. The highest BCUT2D eigenvalue weighted by Crippen LogP contribution is 2.22. The molecule has 2 rings (SSSR count). The summed E-state index contributed by atoms with van der Waals surface area (Å²) in [6.45, 7) is 2.05. The van der Waals surface area contributed by atoms with Crippen LogP contribution in [0.15, 0.2) is 27.7 Å². The van der Waals surface area contributed by atoms with Gasteiger partial charge in [0.05, 0.1) is 6.04 Å². The van der Waals surface area contributed by atoms with Gasteiger partial charge in [-0.1, -0.05) is 34.8 Å². The minimum atomic E-state index is 0.399. The van der Waals surface area contributed by atoms with Crippen LogP contribution in [0.4, 0.5) is 5.69 Å². The Morgan fingerprint density at radius 2 is 2.11 bits per heavy atom. The first kappa shape index (κ1) is 13.4.